The van der Waals surface area contributed by atoms with Gasteiger partial charge >= 0.3 is 13.2 Å². The van der Waals surface area contributed by atoms with Crippen molar-refractivity contribution in [3.8, 4) is 0 Å². The number of halogens is 1. The Kier molecular flexibility index (Phi) is 4.26. The van der Waals surface area contributed by atoms with Gasteiger partial charge in [0.25, 0.3) is 0 Å². The molecule has 3 N–H and O–H groups in total. The summed E-state index contributed by atoms with van der Waals surface area (Å²) in [5, 5.41) is 20.2. The number of aromatic nitrogens is 1. The number of anilines is 1. The average Bonchev–Trinajstić information content (AvgIpc) is 2.13. The highest BCUT2D eigenvalue weighted by molar-refractivity contribution is 6.60. The molecular formula is C10H14BFN2O4. The van der Waals surface area contributed by atoms with Crippen LogP contribution in [-0.4, -0.2) is 33.8 Å². The van der Waals surface area contributed by atoms with Crippen molar-refractivity contribution in [1.82, 2.24) is 4.98 Å². The Morgan fingerprint density at radius 3 is 2.61 bits per heavy atom. The van der Waals surface area contributed by atoms with Gasteiger partial charge in [-0.3, -0.25) is 5.32 Å². The van der Waals surface area contributed by atoms with Crippen molar-refractivity contribution in [1.29, 1.82) is 0 Å². The fourth-order valence-corrected chi connectivity index (χ4v) is 1.20. The van der Waals surface area contributed by atoms with Gasteiger partial charge in [0, 0.05) is 6.20 Å². The molecule has 0 radical (unpaired) electrons. The lowest BCUT2D eigenvalue weighted by Gasteiger charge is -2.20. The van der Waals surface area contributed by atoms with Crippen LogP contribution in [0.2, 0.25) is 0 Å². The second-order valence-electron chi connectivity index (χ2n) is 4.56. The van der Waals surface area contributed by atoms with E-state index in [4.69, 9.17) is 14.8 Å². The summed E-state index contributed by atoms with van der Waals surface area (Å²) in [7, 11) is -2.08. The number of carbonyl (C=O) groups excluding carboxylic acids is 1. The molecule has 0 bridgehead atoms. The zero-order chi connectivity index (χ0) is 13.9. The fourth-order valence-electron chi connectivity index (χ4n) is 1.20. The highest BCUT2D eigenvalue weighted by atomic mass is 19.1. The molecule has 1 aromatic rings. The number of hydrogen-bond donors (Lipinski definition) is 3. The Morgan fingerprint density at radius 1 is 1.50 bits per heavy atom. The molecule has 0 aliphatic heterocycles. The lowest BCUT2D eigenvalue weighted by molar-refractivity contribution is 0.0635. The van der Waals surface area contributed by atoms with Crippen LogP contribution in [0, 0.1) is 5.82 Å². The number of carbonyl (C=O) groups is 1. The zero-order valence-electron chi connectivity index (χ0n) is 10.3. The van der Waals surface area contributed by atoms with E-state index < -0.39 is 30.1 Å². The third kappa shape index (κ3) is 3.97. The van der Waals surface area contributed by atoms with Crippen LogP contribution >= 0.6 is 0 Å². The second kappa shape index (κ2) is 5.32. The predicted octanol–water partition coefficient (Wildman–Crippen LogP) is 0.247. The molecule has 8 heteroatoms. The molecule has 0 aliphatic carbocycles. The first-order chi connectivity index (χ1) is 8.20. The third-order valence-electron chi connectivity index (χ3n) is 1.81. The summed E-state index contributed by atoms with van der Waals surface area (Å²) >= 11 is 0. The van der Waals surface area contributed by atoms with E-state index in [2.05, 4.69) is 10.3 Å². The summed E-state index contributed by atoms with van der Waals surface area (Å²) in [5.74, 6) is -1.18. The van der Waals surface area contributed by atoms with Crippen molar-refractivity contribution < 1.29 is 24.0 Å². The van der Waals surface area contributed by atoms with E-state index in [9.17, 15) is 9.18 Å². The maximum absolute atomic E-state index is 13.3. The fraction of sp³-hybridized carbons (Fsp3) is 0.400. The molecule has 0 aromatic carbocycles. The number of pyridine rings is 1. The number of nitrogens with one attached hydrogen (secondary N) is 1. The third-order valence-corrected chi connectivity index (χ3v) is 1.81. The minimum atomic E-state index is -2.08. The Morgan fingerprint density at radius 2 is 2.11 bits per heavy atom. The van der Waals surface area contributed by atoms with E-state index in [1.807, 2.05) is 0 Å². The van der Waals surface area contributed by atoms with E-state index in [1.54, 1.807) is 20.8 Å². The van der Waals surface area contributed by atoms with Crippen molar-refractivity contribution in [2.24, 2.45) is 0 Å². The summed E-state index contributed by atoms with van der Waals surface area (Å²) in [6, 6.07) is 0.953. The number of amides is 1. The van der Waals surface area contributed by atoms with Gasteiger partial charge in [0.15, 0.2) is 0 Å². The summed E-state index contributed by atoms with van der Waals surface area (Å²) in [5.41, 5.74) is -1.24. The molecule has 0 fully saturated rings. The minimum Gasteiger partial charge on any atom is -0.444 e. The first-order valence-corrected chi connectivity index (χ1v) is 5.21. The van der Waals surface area contributed by atoms with Gasteiger partial charge in [-0.1, -0.05) is 0 Å². The molecule has 6 nitrogen and oxygen atoms in total. The first-order valence-electron chi connectivity index (χ1n) is 5.21. The monoisotopic (exact) mass is 256 g/mol. The second-order valence-corrected chi connectivity index (χ2v) is 4.56. The van der Waals surface area contributed by atoms with Crippen LogP contribution in [0.4, 0.5) is 15.0 Å². The Labute approximate surface area is 104 Å². The first kappa shape index (κ1) is 14.4. The van der Waals surface area contributed by atoms with Crippen molar-refractivity contribution in [2.75, 3.05) is 5.32 Å². The molecular weight excluding hydrogens is 242 g/mol. The molecule has 0 saturated carbocycles. The van der Waals surface area contributed by atoms with Gasteiger partial charge < -0.3 is 14.8 Å². The molecule has 18 heavy (non-hydrogen) atoms. The maximum atomic E-state index is 13.3. The lowest BCUT2D eigenvalue weighted by Crippen LogP contribution is -2.38. The van der Waals surface area contributed by atoms with Gasteiger partial charge in [0.05, 0.1) is 5.46 Å². The van der Waals surface area contributed by atoms with Crippen LogP contribution in [0.3, 0.4) is 0 Å². The normalized spacial score (nSPS) is 11.0. The SMILES string of the molecule is CC(C)(C)OC(=O)Nc1nccc(F)c1B(O)O. The summed E-state index contributed by atoms with van der Waals surface area (Å²) in [6.07, 6.45) is 0.232. The van der Waals surface area contributed by atoms with E-state index in [1.165, 1.54) is 0 Å². The summed E-state index contributed by atoms with van der Waals surface area (Å²) in [6.45, 7) is 4.98. The van der Waals surface area contributed by atoms with Crippen molar-refractivity contribution in [2.45, 2.75) is 26.4 Å². The summed E-state index contributed by atoms with van der Waals surface area (Å²) < 4.78 is 18.3. The van der Waals surface area contributed by atoms with E-state index in [-0.39, 0.29) is 5.82 Å². The van der Waals surface area contributed by atoms with Gasteiger partial charge in [-0.15, -0.1) is 0 Å². The number of hydrogen-bond acceptors (Lipinski definition) is 5. The van der Waals surface area contributed by atoms with Crippen LogP contribution in [-0.2, 0) is 4.74 Å². The molecule has 1 aromatic heterocycles. The highest BCUT2D eigenvalue weighted by Gasteiger charge is 2.24. The van der Waals surface area contributed by atoms with Crippen LogP contribution in [0.5, 0.6) is 0 Å². The van der Waals surface area contributed by atoms with Crippen LogP contribution in [0.1, 0.15) is 20.8 Å². The average molecular weight is 256 g/mol. The largest absolute Gasteiger partial charge is 0.495 e. The molecule has 1 rings (SSSR count). The number of rotatable bonds is 2. The molecule has 0 saturated heterocycles. The van der Waals surface area contributed by atoms with Gasteiger partial charge in [-0.25, -0.2) is 14.2 Å². The van der Waals surface area contributed by atoms with E-state index in [0.717, 1.165) is 12.3 Å². The van der Waals surface area contributed by atoms with Crippen molar-refractivity contribution in [3.63, 3.8) is 0 Å². The van der Waals surface area contributed by atoms with Gasteiger partial charge in [-0.2, -0.15) is 0 Å². The Bertz CT molecular complexity index is 448. The molecule has 0 aliphatic rings. The van der Waals surface area contributed by atoms with Gasteiger partial charge in [0.1, 0.15) is 17.2 Å². The maximum Gasteiger partial charge on any atom is 0.495 e. The number of ether oxygens (including phenoxy) is 1. The lowest BCUT2D eigenvalue weighted by atomic mass is 9.80. The number of nitrogens with zero attached hydrogens (tertiary/aromatic N) is 1. The van der Waals surface area contributed by atoms with Crippen molar-refractivity contribution >= 4 is 24.5 Å². The smallest absolute Gasteiger partial charge is 0.444 e. The highest BCUT2D eigenvalue weighted by Crippen LogP contribution is 2.10. The summed E-state index contributed by atoms with van der Waals surface area (Å²) in [4.78, 5) is 15.1. The van der Waals surface area contributed by atoms with Gasteiger partial charge in [-0.05, 0) is 26.8 Å². The molecule has 1 amide bonds. The molecule has 1 heterocycles. The Hall–Kier alpha value is -1.67. The quantitative estimate of drug-likeness (QED) is 0.659. The van der Waals surface area contributed by atoms with E-state index >= 15 is 0 Å². The van der Waals surface area contributed by atoms with Crippen LogP contribution in [0.25, 0.3) is 0 Å². The standard InChI is InChI=1S/C10H14BFN2O4/c1-10(2,3)18-9(15)14-8-7(11(16)17)6(12)4-5-13-8/h4-5,16-17H,1-3H3,(H,13,14,15). The van der Waals surface area contributed by atoms with Crippen LogP contribution < -0.4 is 10.8 Å². The van der Waals surface area contributed by atoms with Crippen molar-refractivity contribution in [3.05, 3.63) is 18.1 Å². The molecule has 0 spiro atoms. The van der Waals surface area contributed by atoms with Gasteiger partial charge in [0.2, 0.25) is 0 Å². The molecule has 98 valence electrons. The molecule has 0 unspecified atom stereocenters. The minimum absolute atomic E-state index is 0.292. The van der Waals surface area contributed by atoms with Crippen LogP contribution in [0.15, 0.2) is 12.3 Å². The predicted molar refractivity (Wildman–Crippen MR) is 63.9 cm³/mol. The molecule has 0 atom stereocenters. The topological polar surface area (TPSA) is 91.7 Å². The zero-order valence-corrected chi connectivity index (χ0v) is 10.3. The van der Waals surface area contributed by atoms with E-state index in [0.29, 0.717) is 0 Å². The Balaban J connectivity index is 2.91.